The van der Waals surface area contributed by atoms with E-state index in [1.165, 1.54) is 0 Å². The van der Waals surface area contributed by atoms with Crippen molar-refractivity contribution in [3.8, 4) is 16.9 Å². The van der Waals surface area contributed by atoms with Crippen LogP contribution in [0.3, 0.4) is 0 Å². The third kappa shape index (κ3) is 2.25. The molecule has 5 nitrogen and oxygen atoms in total. The summed E-state index contributed by atoms with van der Waals surface area (Å²) in [5.41, 5.74) is 8.57. The Bertz CT molecular complexity index is 723. The first-order valence-corrected chi connectivity index (χ1v) is 7.28. The molecule has 2 N–H and O–H groups in total. The molecule has 6 heteroatoms. The molecule has 0 bridgehead atoms. The minimum atomic E-state index is 0.510. The van der Waals surface area contributed by atoms with Crippen molar-refractivity contribution in [1.29, 1.82) is 0 Å². The van der Waals surface area contributed by atoms with Gasteiger partial charge in [-0.15, -0.1) is 16.9 Å². The summed E-state index contributed by atoms with van der Waals surface area (Å²) in [4.78, 5) is 5.23. The first kappa shape index (κ1) is 12.7. The second-order valence-electron chi connectivity index (χ2n) is 4.18. The number of pyridine rings is 1. The van der Waals surface area contributed by atoms with E-state index in [1.807, 2.05) is 42.7 Å². The van der Waals surface area contributed by atoms with E-state index in [0.29, 0.717) is 11.5 Å². The zero-order valence-corrected chi connectivity index (χ0v) is 11.7. The Kier molecular flexibility index (Phi) is 3.39. The number of hydrogen-bond acceptors (Lipinski definition) is 5. The molecule has 20 heavy (non-hydrogen) atoms. The third-order valence-corrected chi connectivity index (χ3v) is 3.66. The van der Waals surface area contributed by atoms with Gasteiger partial charge in [0.05, 0.1) is 5.69 Å². The number of rotatable bonds is 3. The molecular formula is C14H13N5S. The molecule has 0 atom stereocenters. The van der Waals surface area contributed by atoms with E-state index >= 15 is 0 Å². The van der Waals surface area contributed by atoms with Crippen LogP contribution in [0.1, 0.15) is 0 Å². The van der Waals surface area contributed by atoms with Gasteiger partial charge in [0, 0.05) is 22.9 Å². The standard InChI is InChI=1S/C14H13N5S/c1-20-12-6-2-5-11(8-12)19-14(15)13(17-18-19)10-4-3-7-16-9-10/h2-9H,15H2,1H3. The minimum absolute atomic E-state index is 0.510. The average Bonchev–Trinajstić information content (AvgIpc) is 2.90. The van der Waals surface area contributed by atoms with Crippen LogP contribution in [0.5, 0.6) is 0 Å². The van der Waals surface area contributed by atoms with Gasteiger partial charge in [-0.05, 0) is 36.6 Å². The number of anilines is 1. The summed E-state index contributed by atoms with van der Waals surface area (Å²) >= 11 is 1.67. The van der Waals surface area contributed by atoms with Gasteiger partial charge >= 0.3 is 0 Å². The van der Waals surface area contributed by atoms with Crippen LogP contribution in [0.4, 0.5) is 5.82 Å². The maximum Gasteiger partial charge on any atom is 0.155 e. The summed E-state index contributed by atoms with van der Waals surface area (Å²) in [5.74, 6) is 0.510. The highest BCUT2D eigenvalue weighted by Crippen LogP contribution is 2.25. The Morgan fingerprint density at radius 2 is 2.10 bits per heavy atom. The van der Waals surface area contributed by atoms with E-state index in [0.717, 1.165) is 16.1 Å². The van der Waals surface area contributed by atoms with E-state index < -0.39 is 0 Å². The molecule has 100 valence electrons. The Labute approximate surface area is 120 Å². The van der Waals surface area contributed by atoms with Gasteiger partial charge in [-0.3, -0.25) is 4.98 Å². The Balaban J connectivity index is 2.06. The van der Waals surface area contributed by atoms with Crippen LogP contribution in [0.15, 0.2) is 53.7 Å². The zero-order valence-electron chi connectivity index (χ0n) is 10.9. The Morgan fingerprint density at radius 3 is 2.85 bits per heavy atom. The van der Waals surface area contributed by atoms with Crippen LogP contribution < -0.4 is 5.73 Å². The first-order chi connectivity index (χ1) is 9.79. The maximum atomic E-state index is 6.16. The topological polar surface area (TPSA) is 69.6 Å². The number of nitrogens with zero attached hydrogens (tertiary/aromatic N) is 4. The van der Waals surface area contributed by atoms with Crippen molar-refractivity contribution in [2.24, 2.45) is 0 Å². The van der Waals surface area contributed by atoms with Gasteiger partial charge in [0.2, 0.25) is 0 Å². The molecule has 3 rings (SSSR count). The van der Waals surface area contributed by atoms with Crippen molar-refractivity contribution in [2.45, 2.75) is 4.90 Å². The van der Waals surface area contributed by atoms with Crippen molar-refractivity contribution >= 4 is 17.6 Å². The summed E-state index contributed by atoms with van der Waals surface area (Å²) in [6.45, 7) is 0. The van der Waals surface area contributed by atoms with E-state index in [4.69, 9.17) is 5.73 Å². The van der Waals surface area contributed by atoms with Gasteiger partial charge in [-0.2, -0.15) is 4.68 Å². The van der Waals surface area contributed by atoms with E-state index in [-0.39, 0.29) is 0 Å². The summed E-state index contributed by atoms with van der Waals surface area (Å²) in [6.07, 6.45) is 5.47. The largest absolute Gasteiger partial charge is 0.382 e. The molecule has 0 amide bonds. The maximum absolute atomic E-state index is 6.16. The van der Waals surface area contributed by atoms with Crippen molar-refractivity contribution in [2.75, 3.05) is 12.0 Å². The molecule has 0 fully saturated rings. The lowest BCUT2D eigenvalue weighted by atomic mass is 10.2. The molecule has 0 saturated carbocycles. The molecule has 0 aliphatic carbocycles. The number of aromatic nitrogens is 4. The predicted octanol–water partition coefficient (Wildman–Crippen LogP) is 2.63. The molecule has 2 heterocycles. The molecule has 0 aliphatic rings. The molecule has 0 spiro atoms. The van der Waals surface area contributed by atoms with Crippen LogP contribution >= 0.6 is 11.8 Å². The van der Waals surface area contributed by atoms with Gasteiger partial charge < -0.3 is 5.73 Å². The molecule has 1 aromatic carbocycles. The molecule has 0 unspecified atom stereocenters. The predicted molar refractivity (Wildman–Crippen MR) is 80.8 cm³/mol. The summed E-state index contributed by atoms with van der Waals surface area (Å²) in [7, 11) is 0. The highest BCUT2D eigenvalue weighted by molar-refractivity contribution is 7.98. The average molecular weight is 283 g/mol. The molecule has 0 saturated heterocycles. The minimum Gasteiger partial charge on any atom is -0.382 e. The number of benzene rings is 1. The fraction of sp³-hybridized carbons (Fsp3) is 0.0714. The first-order valence-electron chi connectivity index (χ1n) is 6.05. The third-order valence-electron chi connectivity index (χ3n) is 2.94. The molecule has 0 aliphatic heterocycles. The van der Waals surface area contributed by atoms with Gasteiger partial charge in [0.1, 0.15) is 5.69 Å². The molecule has 0 radical (unpaired) electrons. The quantitative estimate of drug-likeness (QED) is 0.748. The van der Waals surface area contributed by atoms with Crippen LogP contribution in [-0.2, 0) is 0 Å². The Morgan fingerprint density at radius 1 is 1.20 bits per heavy atom. The lowest BCUT2D eigenvalue weighted by Gasteiger charge is -2.05. The fourth-order valence-electron chi connectivity index (χ4n) is 1.93. The highest BCUT2D eigenvalue weighted by atomic mass is 32.2. The van der Waals surface area contributed by atoms with Crippen LogP contribution in [0.2, 0.25) is 0 Å². The molecule has 2 aromatic heterocycles. The van der Waals surface area contributed by atoms with Gasteiger partial charge in [0.25, 0.3) is 0 Å². The normalized spacial score (nSPS) is 10.7. The van der Waals surface area contributed by atoms with Crippen molar-refractivity contribution in [3.05, 3.63) is 48.8 Å². The summed E-state index contributed by atoms with van der Waals surface area (Å²) < 4.78 is 1.64. The van der Waals surface area contributed by atoms with Crippen molar-refractivity contribution < 1.29 is 0 Å². The second kappa shape index (κ2) is 5.34. The number of nitrogen functional groups attached to an aromatic ring is 1. The van der Waals surface area contributed by atoms with Crippen LogP contribution in [-0.4, -0.2) is 26.2 Å². The second-order valence-corrected chi connectivity index (χ2v) is 5.06. The van der Waals surface area contributed by atoms with E-state index in [9.17, 15) is 0 Å². The lowest BCUT2D eigenvalue weighted by Crippen LogP contribution is -2.02. The van der Waals surface area contributed by atoms with Crippen molar-refractivity contribution in [1.82, 2.24) is 20.0 Å². The molecular weight excluding hydrogens is 270 g/mol. The van der Waals surface area contributed by atoms with Crippen molar-refractivity contribution in [3.63, 3.8) is 0 Å². The Hall–Kier alpha value is -2.34. The SMILES string of the molecule is CSc1cccc(-n2nnc(-c3cccnc3)c2N)c1. The molecule has 3 aromatic rings. The monoisotopic (exact) mass is 283 g/mol. The highest BCUT2D eigenvalue weighted by Gasteiger charge is 2.13. The summed E-state index contributed by atoms with van der Waals surface area (Å²) in [6, 6.07) is 11.8. The van der Waals surface area contributed by atoms with E-state index in [1.54, 1.807) is 28.8 Å². The van der Waals surface area contributed by atoms with Gasteiger partial charge in [-0.25, -0.2) is 0 Å². The number of hydrogen-bond donors (Lipinski definition) is 1. The fourth-order valence-corrected chi connectivity index (χ4v) is 2.38. The zero-order chi connectivity index (χ0) is 13.9. The lowest BCUT2D eigenvalue weighted by molar-refractivity contribution is 0.808. The van der Waals surface area contributed by atoms with E-state index in [2.05, 4.69) is 15.3 Å². The number of nitrogens with two attached hydrogens (primary N) is 1. The number of thioether (sulfide) groups is 1. The van der Waals surface area contributed by atoms with Gasteiger partial charge in [-0.1, -0.05) is 11.3 Å². The summed E-state index contributed by atoms with van der Waals surface area (Å²) in [5, 5.41) is 8.30. The van der Waals surface area contributed by atoms with Crippen LogP contribution in [0.25, 0.3) is 16.9 Å². The van der Waals surface area contributed by atoms with Crippen LogP contribution in [0, 0.1) is 0 Å². The smallest absolute Gasteiger partial charge is 0.155 e. The van der Waals surface area contributed by atoms with Gasteiger partial charge in [0.15, 0.2) is 5.82 Å².